The van der Waals surface area contributed by atoms with Crippen LogP contribution in [-0.4, -0.2) is 38.1 Å². The van der Waals surface area contributed by atoms with Crippen molar-refractivity contribution in [1.29, 1.82) is 0 Å². The minimum Gasteiger partial charge on any atom is -0.345 e. The molecule has 1 fully saturated rings. The Balaban J connectivity index is 1.68. The molecule has 2 N–H and O–H groups in total. The lowest BCUT2D eigenvalue weighted by molar-refractivity contribution is -0.124. The largest absolute Gasteiger partial charge is 0.345 e. The average molecular weight is 434 g/mol. The average Bonchev–Trinajstić information content (AvgIpc) is 2.65. The van der Waals surface area contributed by atoms with Crippen LogP contribution in [0.3, 0.4) is 0 Å². The summed E-state index contributed by atoms with van der Waals surface area (Å²) < 4.78 is 39.8. The van der Waals surface area contributed by atoms with E-state index in [0.29, 0.717) is 18.5 Å². The molecule has 30 heavy (non-hydrogen) atoms. The van der Waals surface area contributed by atoms with Gasteiger partial charge in [0.1, 0.15) is 5.82 Å². The highest BCUT2D eigenvalue weighted by Gasteiger charge is 2.40. The SMILES string of the molecule is CC(=O)Nc1ccc(S(=O)(=O)N(C)CC(=O)NC2(c3ccc(F)cc3)CCC2)cc1. The van der Waals surface area contributed by atoms with Crippen LogP contribution >= 0.6 is 0 Å². The molecule has 1 aliphatic rings. The molecule has 9 heteroatoms. The quantitative estimate of drug-likeness (QED) is 0.702. The topological polar surface area (TPSA) is 95.6 Å². The van der Waals surface area contributed by atoms with Crippen molar-refractivity contribution in [1.82, 2.24) is 9.62 Å². The Labute approximate surface area is 175 Å². The first-order valence-electron chi connectivity index (χ1n) is 9.53. The number of hydrogen-bond donors (Lipinski definition) is 2. The van der Waals surface area contributed by atoms with Crippen molar-refractivity contribution in [2.24, 2.45) is 0 Å². The van der Waals surface area contributed by atoms with Crippen molar-refractivity contribution in [3.05, 3.63) is 59.9 Å². The van der Waals surface area contributed by atoms with Crippen molar-refractivity contribution in [2.45, 2.75) is 36.6 Å². The molecule has 0 atom stereocenters. The molecule has 2 aromatic carbocycles. The summed E-state index contributed by atoms with van der Waals surface area (Å²) >= 11 is 0. The van der Waals surface area contributed by atoms with Gasteiger partial charge in [0.25, 0.3) is 0 Å². The predicted octanol–water partition coefficient (Wildman–Crippen LogP) is 2.60. The molecule has 0 heterocycles. The van der Waals surface area contributed by atoms with E-state index in [1.165, 1.54) is 50.4 Å². The van der Waals surface area contributed by atoms with Crippen LogP contribution in [0, 0.1) is 5.82 Å². The smallest absolute Gasteiger partial charge is 0.243 e. The lowest BCUT2D eigenvalue weighted by Gasteiger charge is -2.43. The lowest BCUT2D eigenvalue weighted by Crippen LogP contribution is -2.53. The van der Waals surface area contributed by atoms with Gasteiger partial charge >= 0.3 is 0 Å². The number of carbonyl (C=O) groups excluding carboxylic acids is 2. The van der Waals surface area contributed by atoms with Crippen molar-refractivity contribution in [3.63, 3.8) is 0 Å². The first-order chi connectivity index (χ1) is 14.1. The van der Waals surface area contributed by atoms with Crippen LogP contribution in [-0.2, 0) is 25.2 Å². The molecule has 0 aromatic heterocycles. The maximum atomic E-state index is 13.2. The fraction of sp³-hybridized carbons (Fsp3) is 0.333. The van der Waals surface area contributed by atoms with Gasteiger partial charge < -0.3 is 10.6 Å². The van der Waals surface area contributed by atoms with Crippen LogP contribution in [0.4, 0.5) is 10.1 Å². The second-order valence-corrected chi connectivity index (χ2v) is 9.50. The van der Waals surface area contributed by atoms with Crippen molar-refractivity contribution < 1.29 is 22.4 Å². The number of nitrogens with zero attached hydrogens (tertiary/aromatic N) is 1. The summed E-state index contributed by atoms with van der Waals surface area (Å²) in [7, 11) is -2.55. The number of amides is 2. The maximum Gasteiger partial charge on any atom is 0.243 e. The van der Waals surface area contributed by atoms with Crippen LogP contribution in [0.25, 0.3) is 0 Å². The molecular weight excluding hydrogens is 409 g/mol. The van der Waals surface area contributed by atoms with E-state index in [9.17, 15) is 22.4 Å². The van der Waals surface area contributed by atoms with Gasteiger partial charge in [-0.1, -0.05) is 12.1 Å². The molecule has 0 unspecified atom stereocenters. The molecule has 2 amide bonds. The van der Waals surface area contributed by atoms with Gasteiger partial charge in [-0.3, -0.25) is 9.59 Å². The fourth-order valence-corrected chi connectivity index (χ4v) is 4.60. The number of likely N-dealkylation sites (N-methyl/N-ethyl adjacent to an activating group) is 1. The molecule has 3 rings (SSSR count). The first kappa shape index (κ1) is 21.9. The molecule has 0 aliphatic heterocycles. The van der Waals surface area contributed by atoms with E-state index >= 15 is 0 Å². The van der Waals surface area contributed by atoms with Gasteiger partial charge in [-0.25, -0.2) is 12.8 Å². The summed E-state index contributed by atoms with van der Waals surface area (Å²) in [6, 6.07) is 11.7. The minimum atomic E-state index is -3.88. The maximum absolute atomic E-state index is 13.2. The molecule has 1 aliphatic carbocycles. The van der Waals surface area contributed by atoms with E-state index in [4.69, 9.17) is 0 Å². The van der Waals surface area contributed by atoms with Crippen LogP contribution in [0.5, 0.6) is 0 Å². The molecule has 7 nitrogen and oxygen atoms in total. The Bertz CT molecular complexity index is 1030. The number of sulfonamides is 1. The van der Waals surface area contributed by atoms with E-state index < -0.39 is 21.5 Å². The van der Waals surface area contributed by atoms with Gasteiger partial charge in [0.2, 0.25) is 21.8 Å². The third-order valence-corrected chi connectivity index (χ3v) is 7.05. The zero-order chi connectivity index (χ0) is 21.9. The third kappa shape index (κ3) is 4.68. The van der Waals surface area contributed by atoms with E-state index in [1.54, 1.807) is 12.1 Å². The Morgan fingerprint density at radius 2 is 1.67 bits per heavy atom. The standard InChI is InChI=1S/C21H24FN3O4S/c1-15(26)23-18-8-10-19(11-9-18)30(28,29)25(2)14-20(27)24-21(12-3-13-21)16-4-6-17(22)7-5-16/h4-11H,3,12-14H2,1-2H3,(H,23,26)(H,24,27). The highest BCUT2D eigenvalue weighted by molar-refractivity contribution is 7.89. The second-order valence-electron chi connectivity index (χ2n) is 7.46. The van der Waals surface area contributed by atoms with Crippen LogP contribution in [0.15, 0.2) is 53.4 Å². The van der Waals surface area contributed by atoms with Crippen molar-refractivity contribution in [2.75, 3.05) is 18.9 Å². The molecule has 0 spiro atoms. The van der Waals surface area contributed by atoms with Crippen molar-refractivity contribution in [3.8, 4) is 0 Å². The Kier molecular flexibility index (Phi) is 6.23. The number of anilines is 1. The van der Waals surface area contributed by atoms with Crippen LogP contribution < -0.4 is 10.6 Å². The third-order valence-electron chi connectivity index (χ3n) is 5.23. The van der Waals surface area contributed by atoms with E-state index in [1.807, 2.05) is 0 Å². The second kappa shape index (κ2) is 8.53. The molecule has 0 bridgehead atoms. The normalized spacial score (nSPS) is 15.3. The summed E-state index contributed by atoms with van der Waals surface area (Å²) in [5, 5.41) is 5.50. The monoisotopic (exact) mass is 433 g/mol. The number of hydrogen-bond acceptors (Lipinski definition) is 4. The Morgan fingerprint density at radius 3 is 2.17 bits per heavy atom. The molecule has 2 aromatic rings. The van der Waals surface area contributed by atoms with E-state index in [0.717, 1.165) is 16.3 Å². The fourth-order valence-electron chi connectivity index (χ4n) is 3.47. The highest BCUT2D eigenvalue weighted by atomic mass is 32.2. The number of rotatable bonds is 7. The van der Waals surface area contributed by atoms with Gasteiger partial charge in [-0.15, -0.1) is 0 Å². The zero-order valence-corrected chi connectivity index (χ0v) is 17.6. The van der Waals surface area contributed by atoms with Crippen molar-refractivity contribution >= 4 is 27.5 Å². The first-order valence-corrected chi connectivity index (χ1v) is 11.0. The molecule has 160 valence electrons. The predicted molar refractivity (Wildman–Crippen MR) is 111 cm³/mol. The number of carbonyl (C=O) groups is 2. The highest BCUT2D eigenvalue weighted by Crippen LogP contribution is 2.41. The van der Waals surface area contributed by atoms with Gasteiger partial charge in [0.15, 0.2) is 0 Å². The summed E-state index contributed by atoms with van der Waals surface area (Å²) in [5.74, 6) is -1.04. The number of nitrogens with one attached hydrogen (secondary N) is 2. The minimum absolute atomic E-state index is 0.0174. The molecule has 0 radical (unpaired) electrons. The van der Waals surface area contributed by atoms with Crippen LogP contribution in [0.1, 0.15) is 31.7 Å². The molecule has 0 saturated heterocycles. The molecule has 1 saturated carbocycles. The summed E-state index contributed by atoms with van der Waals surface area (Å²) in [6.07, 6.45) is 2.35. The summed E-state index contributed by atoms with van der Waals surface area (Å²) in [6.45, 7) is 1.01. The van der Waals surface area contributed by atoms with E-state index in [2.05, 4.69) is 10.6 Å². The van der Waals surface area contributed by atoms with Gasteiger partial charge in [0.05, 0.1) is 17.0 Å². The van der Waals surface area contributed by atoms with Gasteiger partial charge in [-0.05, 0) is 61.2 Å². The summed E-state index contributed by atoms with van der Waals surface area (Å²) in [4.78, 5) is 23.7. The molecular formula is C21H24FN3O4S. The van der Waals surface area contributed by atoms with Crippen LogP contribution in [0.2, 0.25) is 0 Å². The zero-order valence-electron chi connectivity index (χ0n) is 16.8. The summed E-state index contributed by atoms with van der Waals surface area (Å²) in [5.41, 5.74) is 0.700. The lowest BCUT2D eigenvalue weighted by atomic mass is 9.72. The van der Waals surface area contributed by atoms with E-state index in [-0.39, 0.29) is 23.2 Å². The number of halogens is 1. The Hall–Kier alpha value is -2.78. The van der Waals surface area contributed by atoms with Gasteiger partial charge in [0, 0.05) is 19.7 Å². The number of benzene rings is 2. The van der Waals surface area contributed by atoms with Gasteiger partial charge in [-0.2, -0.15) is 4.31 Å². The Morgan fingerprint density at radius 1 is 1.07 bits per heavy atom.